The minimum absolute atomic E-state index is 0.244. The second-order valence-electron chi connectivity index (χ2n) is 4.88. The van der Waals surface area contributed by atoms with Crippen molar-refractivity contribution in [1.82, 2.24) is 15.0 Å². The number of methoxy groups -OCH3 is 1. The minimum Gasteiger partial charge on any atom is -0.367 e. The van der Waals surface area contributed by atoms with E-state index >= 15 is 0 Å². The molecule has 2 aromatic carbocycles. The number of nitrogens with zero attached hydrogens (tertiary/aromatic N) is 3. The Kier molecular flexibility index (Phi) is 4.44. The molecule has 1 unspecified atom stereocenters. The quantitative estimate of drug-likeness (QED) is 0.786. The zero-order valence-electron chi connectivity index (χ0n) is 12.6. The third-order valence-corrected chi connectivity index (χ3v) is 3.41. The van der Waals surface area contributed by atoms with Crippen LogP contribution in [0.5, 0.6) is 0 Å². The Morgan fingerprint density at radius 1 is 1.13 bits per heavy atom. The molecule has 0 aliphatic heterocycles. The molecule has 6 heteroatoms. The van der Waals surface area contributed by atoms with Crippen LogP contribution < -0.4 is 5.32 Å². The molecule has 6 nitrogen and oxygen atoms in total. The topological polar surface area (TPSA) is 69.0 Å². The molecule has 0 fully saturated rings. The molecular weight excluding hydrogens is 292 g/mol. The van der Waals surface area contributed by atoms with Gasteiger partial charge in [-0.3, -0.25) is 4.79 Å². The number of para-hydroxylation sites is 2. The van der Waals surface area contributed by atoms with Crippen LogP contribution in [0.3, 0.4) is 0 Å². The van der Waals surface area contributed by atoms with Crippen molar-refractivity contribution in [3.63, 3.8) is 0 Å². The summed E-state index contributed by atoms with van der Waals surface area (Å²) in [6.07, 6.45) is 2.62. The molecule has 1 amide bonds. The third kappa shape index (κ3) is 3.27. The zero-order valence-corrected chi connectivity index (χ0v) is 12.6. The molecule has 0 aliphatic carbocycles. The van der Waals surface area contributed by atoms with Crippen LogP contribution in [-0.2, 0) is 9.53 Å². The zero-order chi connectivity index (χ0) is 16.1. The van der Waals surface area contributed by atoms with E-state index in [0.29, 0.717) is 5.69 Å². The lowest BCUT2D eigenvalue weighted by molar-refractivity contribution is -0.126. The Labute approximate surface area is 133 Å². The summed E-state index contributed by atoms with van der Waals surface area (Å²) in [6.45, 7) is 0. The number of carbonyl (C=O) groups excluding carboxylic acids is 1. The first-order chi connectivity index (χ1) is 11.3. The maximum absolute atomic E-state index is 12.6. The van der Waals surface area contributed by atoms with Crippen LogP contribution in [0.15, 0.2) is 67.0 Å². The van der Waals surface area contributed by atoms with Crippen molar-refractivity contribution in [2.45, 2.75) is 6.10 Å². The Morgan fingerprint density at radius 3 is 2.57 bits per heavy atom. The number of aromatic nitrogens is 3. The van der Waals surface area contributed by atoms with E-state index < -0.39 is 6.10 Å². The summed E-state index contributed by atoms with van der Waals surface area (Å²) in [4.78, 5) is 12.6. The molecule has 0 radical (unpaired) electrons. The number of amides is 1. The normalized spacial score (nSPS) is 11.9. The average Bonchev–Trinajstić information content (AvgIpc) is 3.11. The number of hydrogen-bond donors (Lipinski definition) is 1. The van der Waals surface area contributed by atoms with Gasteiger partial charge < -0.3 is 10.1 Å². The van der Waals surface area contributed by atoms with Gasteiger partial charge in [0.2, 0.25) is 0 Å². The van der Waals surface area contributed by atoms with Gasteiger partial charge in [-0.15, -0.1) is 5.10 Å². The highest BCUT2D eigenvalue weighted by molar-refractivity contribution is 5.96. The summed E-state index contributed by atoms with van der Waals surface area (Å²) in [5.41, 5.74) is 2.17. The van der Waals surface area contributed by atoms with Crippen LogP contribution in [0.2, 0.25) is 0 Å². The van der Waals surface area contributed by atoms with Crippen molar-refractivity contribution in [3.8, 4) is 5.69 Å². The van der Waals surface area contributed by atoms with Crippen LogP contribution in [0.4, 0.5) is 5.69 Å². The minimum atomic E-state index is -0.681. The lowest BCUT2D eigenvalue weighted by Gasteiger charge is -2.17. The SMILES string of the molecule is COC(C(=O)Nc1ccccc1-n1ccnn1)c1ccccc1. The second-order valence-corrected chi connectivity index (χ2v) is 4.88. The van der Waals surface area contributed by atoms with Crippen molar-refractivity contribution < 1.29 is 9.53 Å². The van der Waals surface area contributed by atoms with E-state index in [1.807, 2.05) is 54.6 Å². The first-order valence-corrected chi connectivity index (χ1v) is 7.14. The number of benzene rings is 2. The maximum atomic E-state index is 12.6. The molecule has 0 aliphatic rings. The van der Waals surface area contributed by atoms with E-state index in [1.54, 1.807) is 17.1 Å². The fourth-order valence-corrected chi connectivity index (χ4v) is 2.34. The Hall–Kier alpha value is -2.99. The molecule has 1 atom stereocenters. The summed E-state index contributed by atoms with van der Waals surface area (Å²) < 4.78 is 6.95. The second kappa shape index (κ2) is 6.85. The van der Waals surface area contributed by atoms with E-state index in [4.69, 9.17) is 4.74 Å². The molecule has 0 saturated heterocycles. The largest absolute Gasteiger partial charge is 0.367 e. The Morgan fingerprint density at radius 2 is 1.87 bits per heavy atom. The molecule has 23 heavy (non-hydrogen) atoms. The van der Waals surface area contributed by atoms with Gasteiger partial charge >= 0.3 is 0 Å². The number of nitrogens with one attached hydrogen (secondary N) is 1. The van der Waals surface area contributed by atoms with E-state index in [0.717, 1.165) is 11.3 Å². The van der Waals surface area contributed by atoms with Gasteiger partial charge in [0, 0.05) is 7.11 Å². The van der Waals surface area contributed by atoms with Crippen molar-refractivity contribution >= 4 is 11.6 Å². The highest BCUT2D eigenvalue weighted by atomic mass is 16.5. The first-order valence-electron chi connectivity index (χ1n) is 7.14. The number of carbonyl (C=O) groups is 1. The standard InChI is InChI=1S/C17H16N4O2/c1-23-16(13-7-3-2-4-8-13)17(22)19-14-9-5-6-10-15(14)21-12-11-18-20-21/h2-12,16H,1H3,(H,19,22). The molecule has 1 heterocycles. The van der Waals surface area contributed by atoms with Crippen LogP contribution in [0, 0.1) is 0 Å². The average molecular weight is 308 g/mol. The smallest absolute Gasteiger partial charge is 0.258 e. The van der Waals surface area contributed by atoms with Crippen molar-refractivity contribution in [2.75, 3.05) is 12.4 Å². The Balaban J connectivity index is 1.86. The van der Waals surface area contributed by atoms with Gasteiger partial charge in [-0.1, -0.05) is 47.7 Å². The van der Waals surface area contributed by atoms with Gasteiger partial charge in [0.25, 0.3) is 5.91 Å². The summed E-state index contributed by atoms with van der Waals surface area (Å²) in [7, 11) is 1.51. The van der Waals surface area contributed by atoms with Crippen LogP contribution >= 0.6 is 0 Å². The summed E-state index contributed by atoms with van der Waals surface area (Å²) in [6, 6.07) is 16.7. The van der Waals surface area contributed by atoms with Crippen LogP contribution in [0.25, 0.3) is 5.69 Å². The number of rotatable bonds is 5. The van der Waals surface area contributed by atoms with Crippen molar-refractivity contribution in [2.24, 2.45) is 0 Å². The van der Waals surface area contributed by atoms with Crippen LogP contribution in [0.1, 0.15) is 11.7 Å². The lowest BCUT2D eigenvalue weighted by Crippen LogP contribution is -2.23. The van der Waals surface area contributed by atoms with E-state index in [1.165, 1.54) is 7.11 Å². The molecule has 0 spiro atoms. The molecule has 1 aromatic heterocycles. The summed E-state index contributed by atoms with van der Waals surface area (Å²) in [5, 5.41) is 10.7. The highest BCUT2D eigenvalue weighted by Crippen LogP contribution is 2.23. The highest BCUT2D eigenvalue weighted by Gasteiger charge is 2.21. The monoisotopic (exact) mass is 308 g/mol. The Bertz CT molecular complexity index is 772. The molecule has 3 rings (SSSR count). The molecule has 116 valence electrons. The first kappa shape index (κ1) is 14.9. The predicted molar refractivity (Wildman–Crippen MR) is 86.2 cm³/mol. The van der Waals surface area contributed by atoms with Gasteiger partial charge in [0.05, 0.1) is 23.8 Å². The maximum Gasteiger partial charge on any atom is 0.258 e. The van der Waals surface area contributed by atoms with Gasteiger partial charge in [-0.05, 0) is 17.7 Å². The fourth-order valence-electron chi connectivity index (χ4n) is 2.34. The molecule has 3 aromatic rings. The number of ether oxygens (including phenoxy) is 1. The van der Waals surface area contributed by atoms with Crippen molar-refractivity contribution in [3.05, 3.63) is 72.6 Å². The summed E-state index contributed by atoms with van der Waals surface area (Å²) in [5.74, 6) is -0.244. The van der Waals surface area contributed by atoms with Crippen molar-refractivity contribution in [1.29, 1.82) is 0 Å². The van der Waals surface area contributed by atoms with E-state index in [-0.39, 0.29) is 5.91 Å². The summed E-state index contributed by atoms with van der Waals surface area (Å²) >= 11 is 0. The fraction of sp³-hybridized carbons (Fsp3) is 0.118. The number of hydrogen-bond acceptors (Lipinski definition) is 4. The third-order valence-electron chi connectivity index (χ3n) is 3.41. The van der Waals surface area contributed by atoms with E-state index in [2.05, 4.69) is 15.6 Å². The number of anilines is 1. The lowest BCUT2D eigenvalue weighted by atomic mass is 10.1. The van der Waals surface area contributed by atoms with Gasteiger partial charge in [0.15, 0.2) is 6.10 Å². The molecule has 1 N–H and O–H groups in total. The van der Waals surface area contributed by atoms with Crippen LogP contribution in [-0.4, -0.2) is 28.0 Å². The van der Waals surface area contributed by atoms with Gasteiger partial charge in [-0.2, -0.15) is 0 Å². The molecular formula is C17H16N4O2. The molecule has 0 saturated carbocycles. The predicted octanol–water partition coefficient (Wildman–Crippen LogP) is 2.59. The molecule has 0 bridgehead atoms. The van der Waals surface area contributed by atoms with E-state index in [9.17, 15) is 4.79 Å². The van der Waals surface area contributed by atoms with Gasteiger partial charge in [0.1, 0.15) is 0 Å². The van der Waals surface area contributed by atoms with Gasteiger partial charge in [-0.25, -0.2) is 4.68 Å².